The van der Waals surface area contributed by atoms with Gasteiger partial charge in [-0.3, -0.25) is 0 Å². The van der Waals surface area contributed by atoms with Gasteiger partial charge in [0, 0.05) is 10.5 Å². The van der Waals surface area contributed by atoms with E-state index in [-0.39, 0.29) is 0 Å². The lowest BCUT2D eigenvalue weighted by Gasteiger charge is -2.34. The Morgan fingerprint density at radius 2 is 1.82 bits per heavy atom. The van der Waals surface area contributed by atoms with Gasteiger partial charge in [-0.2, -0.15) is 0 Å². The van der Waals surface area contributed by atoms with Crippen molar-refractivity contribution in [3.63, 3.8) is 0 Å². The highest BCUT2D eigenvalue weighted by atomic mass is 79.9. The van der Waals surface area contributed by atoms with E-state index in [2.05, 4.69) is 59.5 Å². The van der Waals surface area contributed by atoms with E-state index in [1.54, 1.807) is 0 Å². The average molecular weight is 296 g/mol. The SMILES string of the molecule is CNC(Cc1ccc(Br)cc1)C1(C)CCCC1. The summed E-state index contributed by atoms with van der Waals surface area (Å²) in [4.78, 5) is 0. The van der Waals surface area contributed by atoms with Gasteiger partial charge in [-0.25, -0.2) is 0 Å². The van der Waals surface area contributed by atoms with Crippen molar-refractivity contribution in [3.8, 4) is 0 Å². The lowest BCUT2D eigenvalue weighted by atomic mass is 9.78. The quantitative estimate of drug-likeness (QED) is 0.879. The molecule has 1 atom stereocenters. The Morgan fingerprint density at radius 1 is 1.24 bits per heavy atom. The molecule has 1 fully saturated rings. The average Bonchev–Trinajstić information content (AvgIpc) is 2.76. The van der Waals surface area contributed by atoms with Crippen LogP contribution in [0.1, 0.15) is 38.2 Å². The smallest absolute Gasteiger partial charge is 0.0175 e. The van der Waals surface area contributed by atoms with Gasteiger partial charge in [-0.15, -0.1) is 0 Å². The molecule has 1 unspecified atom stereocenters. The molecule has 1 aliphatic rings. The fraction of sp³-hybridized carbons (Fsp3) is 0.600. The molecular formula is C15H22BrN. The molecule has 94 valence electrons. The van der Waals surface area contributed by atoms with E-state index in [1.165, 1.54) is 31.2 Å². The maximum Gasteiger partial charge on any atom is 0.0175 e. The molecule has 1 aromatic rings. The molecule has 0 aromatic heterocycles. The first-order valence-corrected chi connectivity index (χ1v) is 7.35. The second kappa shape index (κ2) is 5.53. The molecule has 2 heteroatoms. The van der Waals surface area contributed by atoms with Crippen LogP contribution in [-0.4, -0.2) is 13.1 Å². The Morgan fingerprint density at radius 3 is 2.35 bits per heavy atom. The summed E-state index contributed by atoms with van der Waals surface area (Å²) in [7, 11) is 2.10. The van der Waals surface area contributed by atoms with Gasteiger partial charge in [-0.1, -0.05) is 47.8 Å². The van der Waals surface area contributed by atoms with Gasteiger partial charge >= 0.3 is 0 Å². The largest absolute Gasteiger partial charge is 0.316 e. The van der Waals surface area contributed by atoms with Crippen LogP contribution in [0.2, 0.25) is 0 Å². The van der Waals surface area contributed by atoms with Gasteiger partial charge in [0.1, 0.15) is 0 Å². The van der Waals surface area contributed by atoms with E-state index in [0.29, 0.717) is 11.5 Å². The number of nitrogens with one attached hydrogen (secondary N) is 1. The van der Waals surface area contributed by atoms with Crippen LogP contribution in [0.4, 0.5) is 0 Å². The summed E-state index contributed by atoms with van der Waals surface area (Å²) in [6.45, 7) is 2.44. The molecule has 0 spiro atoms. The fourth-order valence-electron chi connectivity index (χ4n) is 3.08. The normalized spacial score (nSPS) is 20.4. The zero-order valence-corrected chi connectivity index (χ0v) is 12.4. The molecule has 0 aliphatic heterocycles. The zero-order valence-electron chi connectivity index (χ0n) is 10.8. The van der Waals surface area contributed by atoms with Crippen LogP contribution >= 0.6 is 15.9 Å². The van der Waals surface area contributed by atoms with Crippen LogP contribution in [0, 0.1) is 5.41 Å². The number of hydrogen-bond acceptors (Lipinski definition) is 1. The second-order valence-corrected chi connectivity index (χ2v) is 6.45. The number of benzene rings is 1. The van der Waals surface area contributed by atoms with Crippen molar-refractivity contribution in [3.05, 3.63) is 34.3 Å². The lowest BCUT2D eigenvalue weighted by molar-refractivity contribution is 0.229. The van der Waals surface area contributed by atoms with E-state index in [4.69, 9.17) is 0 Å². The molecule has 0 saturated heterocycles. The fourth-order valence-corrected chi connectivity index (χ4v) is 3.35. The lowest BCUT2D eigenvalue weighted by Crippen LogP contribution is -2.41. The predicted octanol–water partition coefficient (Wildman–Crippen LogP) is 4.16. The zero-order chi connectivity index (χ0) is 12.3. The van der Waals surface area contributed by atoms with Crippen LogP contribution in [0.5, 0.6) is 0 Å². The minimum Gasteiger partial charge on any atom is -0.316 e. The molecular weight excluding hydrogens is 274 g/mol. The molecule has 0 heterocycles. The Bertz CT molecular complexity index is 352. The van der Waals surface area contributed by atoms with E-state index < -0.39 is 0 Å². The van der Waals surface area contributed by atoms with Crippen molar-refractivity contribution in [1.82, 2.24) is 5.32 Å². The van der Waals surface area contributed by atoms with E-state index >= 15 is 0 Å². The van der Waals surface area contributed by atoms with Gasteiger partial charge < -0.3 is 5.32 Å². The third kappa shape index (κ3) is 3.11. The molecule has 1 aliphatic carbocycles. The van der Waals surface area contributed by atoms with Crippen LogP contribution in [0.15, 0.2) is 28.7 Å². The molecule has 17 heavy (non-hydrogen) atoms. The van der Waals surface area contributed by atoms with E-state index in [9.17, 15) is 0 Å². The van der Waals surface area contributed by atoms with Gasteiger partial charge in [-0.05, 0) is 49.4 Å². The third-order valence-corrected chi connectivity index (χ3v) is 4.82. The third-order valence-electron chi connectivity index (χ3n) is 4.29. The first-order chi connectivity index (χ1) is 8.14. The van der Waals surface area contributed by atoms with Crippen LogP contribution in [0.25, 0.3) is 0 Å². The van der Waals surface area contributed by atoms with Crippen LogP contribution < -0.4 is 5.32 Å². The highest BCUT2D eigenvalue weighted by molar-refractivity contribution is 9.10. The summed E-state index contributed by atoms with van der Waals surface area (Å²) in [6, 6.07) is 9.34. The summed E-state index contributed by atoms with van der Waals surface area (Å²) < 4.78 is 1.16. The highest BCUT2D eigenvalue weighted by Crippen LogP contribution is 2.41. The Hall–Kier alpha value is -0.340. The molecule has 2 rings (SSSR count). The highest BCUT2D eigenvalue weighted by Gasteiger charge is 2.35. The number of hydrogen-bond donors (Lipinski definition) is 1. The van der Waals surface area contributed by atoms with Gasteiger partial charge in [0.05, 0.1) is 0 Å². The van der Waals surface area contributed by atoms with Crippen molar-refractivity contribution in [2.24, 2.45) is 5.41 Å². The first kappa shape index (κ1) is 13.1. The second-order valence-electron chi connectivity index (χ2n) is 5.53. The molecule has 0 bridgehead atoms. The van der Waals surface area contributed by atoms with Gasteiger partial charge in [0.25, 0.3) is 0 Å². The van der Waals surface area contributed by atoms with Gasteiger partial charge in [0.2, 0.25) is 0 Å². The summed E-state index contributed by atoms with van der Waals surface area (Å²) in [5.41, 5.74) is 1.92. The van der Waals surface area contributed by atoms with Crippen molar-refractivity contribution in [2.45, 2.75) is 45.1 Å². The minimum atomic E-state index is 0.488. The Balaban J connectivity index is 2.06. The predicted molar refractivity (Wildman–Crippen MR) is 77.3 cm³/mol. The van der Waals surface area contributed by atoms with Crippen molar-refractivity contribution >= 4 is 15.9 Å². The molecule has 0 amide bonds. The monoisotopic (exact) mass is 295 g/mol. The molecule has 1 saturated carbocycles. The number of rotatable bonds is 4. The maximum atomic E-state index is 3.54. The van der Waals surface area contributed by atoms with Crippen molar-refractivity contribution < 1.29 is 0 Å². The standard InChI is InChI=1S/C15H22BrN/c1-15(9-3-4-10-15)14(17-2)11-12-5-7-13(16)8-6-12/h5-8,14,17H,3-4,9-11H2,1-2H3. The van der Waals surface area contributed by atoms with Crippen LogP contribution in [0.3, 0.4) is 0 Å². The first-order valence-electron chi connectivity index (χ1n) is 6.56. The van der Waals surface area contributed by atoms with Crippen LogP contribution in [-0.2, 0) is 6.42 Å². The van der Waals surface area contributed by atoms with E-state index in [0.717, 1.165) is 10.9 Å². The number of halogens is 1. The van der Waals surface area contributed by atoms with Crippen molar-refractivity contribution in [2.75, 3.05) is 7.05 Å². The molecule has 1 aromatic carbocycles. The molecule has 1 nitrogen and oxygen atoms in total. The summed E-state index contributed by atoms with van der Waals surface area (Å²) in [5, 5.41) is 3.54. The van der Waals surface area contributed by atoms with Crippen molar-refractivity contribution in [1.29, 1.82) is 0 Å². The maximum absolute atomic E-state index is 3.54. The topological polar surface area (TPSA) is 12.0 Å². The molecule has 0 radical (unpaired) electrons. The Labute approximate surface area is 113 Å². The Kier molecular flexibility index (Phi) is 4.26. The minimum absolute atomic E-state index is 0.488. The number of likely N-dealkylation sites (N-methyl/N-ethyl adjacent to an activating group) is 1. The van der Waals surface area contributed by atoms with Gasteiger partial charge in [0.15, 0.2) is 0 Å². The summed E-state index contributed by atoms with van der Waals surface area (Å²) in [5.74, 6) is 0. The summed E-state index contributed by atoms with van der Waals surface area (Å²) >= 11 is 3.49. The van der Waals surface area contributed by atoms with E-state index in [1.807, 2.05) is 0 Å². The summed E-state index contributed by atoms with van der Waals surface area (Å²) in [6.07, 6.45) is 6.67. The molecule has 1 N–H and O–H groups in total.